The van der Waals surface area contributed by atoms with Crippen molar-refractivity contribution in [2.24, 2.45) is 0 Å². The van der Waals surface area contributed by atoms with E-state index in [1.807, 2.05) is 4.90 Å². The highest BCUT2D eigenvalue weighted by atomic mass is 35.5. The Hall–Kier alpha value is -3.31. The first kappa shape index (κ1) is 21.9. The number of aliphatic hydroxyl groups is 1. The third-order valence-electron chi connectivity index (χ3n) is 4.81. The fourth-order valence-corrected chi connectivity index (χ4v) is 3.58. The highest BCUT2D eigenvalue weighted by Crippen LogP contribution is 2.33. The summed E-state index contributed by atoms with van der Waals surface area (Å²) in [5, 5.41) is 19.1. The van der Waals surface area contributed by atoms with Crippen LogP contribution in [0.15, 0.2) is 42.7 Å². The number of ether oxygens (including phenoxy) is 1. The van der Waals surface area contributed by atoms with Crippen LogP contribution < -0.4 is 15.0 Å². The van der Waals surface area contributed by atoms with Crippen LogP contribution in [0.5, 0.6) is 5.75 Å². The van der Waals surface area contributed by atoms with E-state index in [9.17, 15) is 23.1 Å². The molecule has 3 heterocycles. The van der Waals surface area contributed by atoms with E-state index in [-0.39, 0.29) is 16.3 Å². The first-order valence-corrected chi connectivity index (χ1v) is 9.87. The Bertz CT molecular complexity index is 1120. The summed E-state index contributed by atoms with van der Waals surface area (Å²) in [6.45, 7) is 1.03. The molecule has 1 aromatic carbocycles. The molecular formula is C20H17ClF3N5O3. The van der Waals surface area contributed by atoms with Gasteiger partial charge in [0.2, 0.25) is 0 Å². The van der Waals surface area contributed by atoms with Crippen molar-refractivity contribution in [1.29, 1.82) is 0 Å². The minimum Gasteiger partial charge on any atom is -0.406 e. The number of anilines is 2. The minimum atomic E-state index is -4.85. The van der Waals surface area contributed by atoms with E-state index in [0.717, 1.165) is 12.1 Å². The van der Waals surface area contributed by atoms with E-state index < -0.39 is 24.1 Å². The lowest BCUT2D eigenvalue weighted by atomic mass is 10.1. The molecule has 0 saturated carbocycles. The molecule has 0 radical (unpaired) electrons. The molecule has 0 spiro atoms. The number of β-amino-alcohol motifs (C(OH)–C–C–N with tert-alkyl or cyclic N) is 1. The molecule has 3 N–H and O–H groups in total. The molecule has 4 rings (SSSR count). The number of aromatic nitrogens is 3. The van der Waals surface area contributed by atoms with Crippen LogP contribution in [0.3, 0.4) is 0 Å². The zero-order valence-corrected chi connectivity index (χ0v) is 17.1. The number of H-pyrrole nitrogens is 1. The van der Waals surface area contributed by atoms with Gasteiger partial charge in [-0.3, -0.25) is 9.89 Å². The molecule has 1 aliphatic rings. The third kappa shape index (κ3) is 4.94. The Balaban J connectivity index is 1.58. The third-order valence-corrected chi connectivity index (χ3v) is 5.12. The Labute approximate surface area is 185 Å². The van der Waals surface area contributed by atoms with Crippen LogP contribution in [0, 0.1) is 0 Å². The fraction of sp³-hybridized carbons (Fsp3) is 0.250. The molecule has 1 atom stereocenters. The number of aliphatic hydroxyl groups excluding tert-OH is 1. The van der Waals surface area contributed by atoms with Gasteiger partial charge in [-0.2, -0.15) is 5.10 Å². The molecule has 2 aromatic heterocycles. The number of pyridine rings is 1. The number of amides is 1. The Morgan fingerprint density at radius 1 is 1.31 bits per heavy atom. The van der Waals surface area contributed by atoms with Crippen LogP contribution in [-0.2, 0) is 0 Å². The Morgan fingerprint density at radius 2 is 2.12 bits per heavy atom. The molecule has 0 aliphatic carbocycles. The second-order valence-corrected chi connectivity index (χ2v) is 7.50. The highest BCUT2D eigenvalue weighted by Gasteiger charge is 2.31. The first-order chi connectivity index (χ1) is 15.2. The van der Waals surface area contributed by atoms with Crippen molar-refractivity contribution >= 4 is 29.0 Å². The van der Waals surface area contributed by atoms with E-state index in [4.69, 9.17) is 11.6 Å². The summed E-state index contributed by atoms with van der Waals surface area (Å²) < 4.78 is 40.9. The number of benzene rings is 1. The molecule has 8 nitrogen and oxygen atoms in total. The quantitative estimate of drug-likeness (QED) is 0.526. The molecule has 1 saturated heterocycles. The zero-order valence-electron chi connectivity index (χ0n) is 16.4. The Morgan fingerprint density at radius 3 is 2.75 bits per heavy atom. The lowest BCUT2D eigenvalue weighted by Gasteiger charge is -2.20. The maximum absolute atomic E-state index is 12.8. The maximum Gasteiger partial charge on any atom is 0.573 e. The second-order valence-electron chi connectivity index (χ2n) is 7.10. The van der Waals surface area contributed by atoms with Crippen molar-refractivity contribution in [2.45, 2.75) is 18.9 Å². The number of aromatic amines is 1. The van der Waals surface area contributed by atoms with E-state index in [1.54, 1.807) is 18.3 Å². The van der Waals surface area contributed by atoms with Crippen molar-refractivity contribution in [3.05, 3.63) is 53.3 Å². The number of halogens is 4. The van der Waals surface area contributed by atoms with Crippen molar-refractivity contribution < 1.29 is 27.8 Å². The SMILES string of the molecule is O=C(Nc1ccc(OC(F)(F)F)cc1Cl)c1cnc(N2CC[C@@H](O)C2)c(-c2ccn[nH]2)c1. The van der Waals surface area contributed by atoms with Gasteiger partial charge < -0.3 is 20.1 Å². The largest absolute Gasteiger partial charge is 0.573 e. The number of hydrogen-bond donors (Lipinski definition) is 3. The fourth-order valence-electron chi connectivity index (χ4n) is 3.36. The van der Waals surface area contributed by atoms with Gasteiger partial charge in [-0.05, 0) is 30.7 Å². The van der Waals surface area contributed by atoms with E-state index in [0.29, 0.717) is 36.6 Å². The van der Waals surface area contributed by atoms with E-state index >= 15 is 0 Å². The highest BCUT2D eigenvalue weighted by molar-refractivity contribution is 6.34. The molecule has 168 valence electrons. The normalized spacial score (nSPS) is 16.3. The number of carbonyl (C=O) groups excluding carboxylic acids is 1. The number of rotatable bonds is 5. The van der Waals surface area contributed by atoms with E-state index in [1.165, 1.54) is 12.3 Å². The Kier molecular flexibility index (Phi) is 5.94. The van der Waals surface area contributed by atoms with Crippen LogP contribution >= 0.6 is 11.6 Å². The molecule has 1 aliphatic heterocycles. The average molecular weight is 468 g/mol. The topological polar surface area (TPSA) is 103 Å². The number of carbonyl (C=O) groups is 1. The van der Waals surface area contributed by atoms with Crippen molar-refractivity contribution in [3.63, 3.8) is 0 Å². The van der Waals surface area contributed by atoms with Crippen molar-refractivity contribution in [1.82, 2.24) is 15.2 Å². The molecule has 0 unspecified atom stereocenters. The van der Waals surface area contributed by atoms with Crippen LogP contribution in [0.1, 0.15) is 16.8 Å². The molecule has 32 heavy (non-hydrogen) atoms. The van der Waals surface area contributed by atoms with Gasteiger partial charge in [-0.1, -0.05) is 11.6 Å². The second kappa shape index (κ2) is 8.67. The summed E-state index contributed by atoms with van der Waals surface area (Å²) in [5.74, 6) is -0.465. The minimum absolute atomic E-state index is 0.112. The molecular weight excluding hydrogens is 451 g/mol. The van der Waals surface area contributed by atoms with Crippen molar-refractivity contribution in [3.8, 4) is 17.0 Å². The molecule has 12 heteroatoms. The first-order valence-electron chi connectivity index (χ1n) is 9.49. The zero-order chi connectivity index (χ0) is 22.9. The number of hydrogen-bond acceptors (Lipinski definition) is 6. The molecule has 0 bridgehead atoms. The summed E-state index contributed by atoms with van der Waals surface area (Å²) in [7, 11) is 0. The van der Waals surface area contributed by atoms with Gasteiger partial charge in [0.15, 0.2) is 0 Å². The van der Waals surface area contributed by atoms with Crippen LogP contribution in [-0.4, -0.2) is 51.8 Å². The lowest BCUT2D eigenvalue weighted by molar-refractivity contribution is -0.274. The predicted octanol–water partition coefficient (Wildman–Crippen LogP) is 3.85. The summed E-state index contributed by atoms with van der Waals surface area (Å²) >= 11 is 6.01. The molecule has 1 amide bonds. The smallest absolute Gasteiger partial charge is 0.406 e. The van der Waals surface area contributed by atoms with Gasteiger partial charge in [0.05, 0.1) is 28.1 Å². The molecule has 1 fully saturated rings. The van der Waals surface area contributed by atoms with Crippen LogP contribution in [0.2, 0.25) is 5.02 Å². The summed E-state index contributed by atoms with van der Waals surface area (Å²) in [5.41, 5.74) is 1.56. The predicted molar refractivity (Wildman–Crippen MR) is 111 cm³/mol. The van der Waals surface area contributed by atoms with Crippen LogP contribution in [0.25, 0.3) is 11.3 Å². The summed E-state index contributed by atoms with van der Waals surface area (Å²) in [4.78, 5) is 19.1. The van der Waals surface area contributed by atoms with Gasteiger partial charge in [0, 0.05) is 37.1 Å². The van der Waals surface area contributed by atoms with Gasteiger partial charge >= 0.3 is 6.36 Å². The van der Waals surface area contributed by atoms with Crippen molar-refractivity contribution in [2.75, 3.05) is 23.3 Å². The van der Waals surface area contributed by atoms with Gasteiger partial charge in [0.1, 0.15) is 11.6 Å². The summed E-state index contributed by atoms with van der Waals surface area (Å²) in [6, 6.07) is 6.56. The average Bonchev–Trinajstić information content (AvgIpc) is 3.40. The number of nitrogens with zero attached hydrogens (tertiary/aromatic N) is 3. The van der Waals surface area contributed by atoms with E-state index in [2.05, 4.69) is 25.2 Å². The standard InChI is InChI=1S/C20H17ClF3N5O3/c21-15-8-13(32-20(22,23)24)1-2-17(15)27-19(31)11-7-14(16-3-5-26-28-16)18(25-9-11)29-6-4-12(30)10-29/h1-3,5,7-9,12,30H,4,6,10H2,(H,26,28)(H,27,31)/t12-/m1/s1. The number of alkyl halides is 3. The summed E-state index contributed by atoms with van der Waals surface area (Å²) in [6.07, 6.45) is -1.76. The maximum atomic E-state index is 12.8. The van der Waals surface area contributed by atoms with Gasteiger partial charge in [-0.25, -0.2) is 4.98 Å². The lowest BCUT2D eigenvalue weighted by Crippen LogP contribution is -2.23. The monoisotopic (exact) mass is 467 g/mol. The van der Waals surface area contributed by atoms with Gasteiger partial charge in [-0.15, -0.1) is 13.2 Å². The van der Waals surface area contributed by atoms with Crippen LogP contribution in [0.4, 0.5) is 24.7 Å². The van der Waals surface area contributed by atoms with Gasteiger partial charge in [0.25, 0.3) is 5.91 Å². The number of nitrogens with one attached hydrogen (secondary N) is 2. The molecule has 3 aromatic rings.